The van der Waals surface area contributed by atoms with Gasteiger partial charge < -0.3 is 0 Å². The first kappa shape index (κ1) is 9.78. The van der Waals surface area contributed by atoms with Crippen LogP contribution < -0.4 is 0 Å². The summed E-state index contributed by atoms with van der Waals surface area (Å²) in [6, 6.07) is 2.30. The van der Waals surface area contributed by atoms with Crippen molar-refractivity contribution in [2.45, 2.75) is 31.1 Å². The number of carbonyl (C=O) groups excluding carboxylic acids is 1. The minimum atomic E-state index is -0.595. The standard InChI is InChI=1S/C11H11N3O/c12-8-11(3-1-9(15)2-4-11)10-7-13-5-6-14-10/h5-7H,1-4H2. The molecule has 0 atom stereocenters. The van der Waals surface area contributed by atoms with Crippen molar-refractivity contribution >= 4 is 5.78 Å². The third-order valence-corrected chi connectivity index (χ3v) is 2.93. The molecule has 0 aliphatic heterocycles. The van der Waals surface area contributed by atoms with E-state index in [0.717, 1.165) is 0 Å². The molecule has 15 heavy (non-hydrogen) atoms. The fourth-order valence-electron chi connectivity index (χ4n) is 1.93. The minimum absolute atomic E-state index is 0.241. The lowest BCUT2D eigenvalue weighted by atomic mass is 9.73. The van der Waals surface area contributed by atoms with Gasteiger partial charge in [0, 0.05) is 31.4 Å². The second-order valence-corrected chi connectivity index (χ2v) is 3.82. The van der Waals surface area contributed by atoms with Crippen molar-refractivity contribution in [3.63, 3.8) is 0 Å². The maximum Gasteiger partial charge on any atom is 0.133 e. The van der Waals surface area contributed by atoms with Crippen LogP contribution in [0.3, 0.4) is 0 Å². The second kappa shape index (κ2) is 3.77. The van der Waals surface area contributed by atoms with Crippen LogP contribution in [0.1, 0.15) is 31.4 Å². The largest absolute Gasteiger partial charge is 0.300 e. The summed E-state index contributed by atoms with van der Waals surface area (Å²) in [6.07, 6.45) is 6.89. The van der Waals surface area contributed by atoms with Gasteiger partial charge in [0.05, 0.1) is 11.8 Å². The van der Waals surface area contributed by atoms with E-state index in [2.05, 4.69) is 16.0 Å². The number of hydrogen-bond acceptors (Lipinski definition) is 4. The second-order valence-electron chi connectivity index (χ2n) is 3.82. The Hall–Kier alpha value is -1.76. The molecule has 2 rings (SSSR count). The summed E-state index contributed by atoms with van der Waals surface area (Å²) in [5, 5.41) is 9.25. The van der Waals surface area contributed by atoms with Gasteiger partial charge in [-0.25, -0.2) is 0 Å². The Kier molecular flexibility index (Phi) is 2.46. The molecule has 1 heterocycles. The van der Waals surface area contributed by atoms with E-state index in [1.165, 1.54) is 0 Å². The van der Waals surface area contributed by atoms with Gasteiger partial charge in [-0.1, -0.05) is 0 Å². The number of nitriles is 1. The molecule has 1 aliphatic carbocycles. The van der Waals surface area contributed by atoms with E-state index in [-0.39, 0.29) is 5.78 Å². The number of carbonyl (C=O) groups is 1. The van der Waals surface area contributed by atoms with Gasteiger partial charge in [0.25, 0.3) is 0 Å². The van der Waals surface area contributed by atoms with Crippen LogP contribution in [0.4, 0.5) is 0 Å². The van der Waals surface area contributed by atoms with Crippen LogP contribution in [-0.4, -0.2) is 15.8 Å². The number of aromatic nitrogens is 2. The zero-order chi connectivity index (χ0) is 10.7. The molecular formula is C11H11N3O. The van der Waals surface area contributed by atoms with E-state index in [1.807, 2.05) is 0 Å². The average Bonchev–Trinajstić information content (AvgIpc) is 2.32. The zero-order valence-electron chi connectivity index (χ0n) is 8.31. The summed E-state index contributed by atoms with van der Waals surface area (Å²) in [4.78, 5) is 19.3. The van der Waals surface area contributed by atoms with Crippen LogP contribution in [0, 0.1) is 11.3 Å². The highest BCUT2D eigenvalue weighted by Gasteiger charge is 2.37. The van der Waals surface area contributed by atoms with Crippen LogP contribution in [0.15, 0.2) is 18.6 Å². The van der Waals surface area contributed by atoms with Crippen molar-refractivity contribution in [2.24, 2.45) is 0 Å². The van der Waals surface area contributed by atoms with E-state index in [4.69, 9.17) is 0 Å². The van der Waals surface area contributed by atoms with Gasteiger partial charge in [-0.05, 0) is 12.8 Å². The molecule has 0 saturated heterocycles. The number of rotatable bonds is 1. The van der Waals surface area contributed by atoms with Gasteiger partial charge in [-0.15, -0.1) is 0 Å². The Morgan fingerprint density at radius 3 is 2.60 bits per heavy atom. The Balaban J connectivity index is 2.32. The van der Waals surface area contributed by atoms with Gasteiger partial charge in [-0.2, -0.15) is 5.26 Å². The summed E-state index contributed by atoms with van der Waals surface area (Å²) in [5.74, 6) is 0.241. The maximum absolute atomic E-state index is 11.2. The third-order valence-electron chi connectivity index (χ3n) is 2.93. The van der Waals surface area contributed by atoms with E-state index in [1.54, 1.807) is 18.6 Å². The molecule has 76 valence electrons. The van der Waals surface area contributed by atoms with E-state index in [0.29, 0.717) is 31.4 Å². The van der Waals surface area contributed by atoms with Crippen molar-refractivity contribution in [3.05, 3.63) is 24.3 Å². The SMILES string of the molecule is N#CC1(c2cnccn2)CCC(=O)CC1. The van der Waals surface area contributed by atoms with Crippen LogP contribution in [-0.2, 0) is 10.2 Å². The topological polar surface area (TPSA) is 66.6 Å². The van der Waals surface area contributed by atoms with Crippen molar-refractivity contribution in [1.82, 2.24) is 9.97 Å². The minimum Gasteiger partial charge on any atom is -0.300 e. The van der Waals surface area contributed by atoms with Crippen LogP contribution in [0.2, 0.25) is 0 Å². The molecule has 1 fully saturated rings. The molecule has 1 aliphatic rings. The summed E-state index contributed by atoms with van der Waals surface area (Å²) in [5.41, 5.74) is 0.0994. The maximum atomic E-state index is 11.2. The Bertz CT molecular complexity index is 398. The van der Waals surface area contributed by atoms with Crippen molar-refractivity contribution in [2.75, 3.05) is 0 Å². The summed E-state index contributed by atoms with van der Waals surface area (Å²) < 4.78 is 0. The fourth-order valence-corrected chi connectivity index (χ4v) is 1.93. The molecule has 0 aromatic carbocycles. The number of hydrogen-bond donors (Lipinski definition) is 0. The Morgan fingerprint density at radius 1 is 1.33 bits per heavy atom. The summed E-state index contributed by atoms with van der Waals surface area (Å²) >= 11 is 0. The molecule has 4 heteroatoms. The van der Waals surface area contributed by atoms with Crippen LogP contribution in [0.5, 0.6) is 0 Å². The summed E-state index contributed by atoms with van der Waals surface area (Å²) in [6.45, 7) is 0. The van der Waals surface area contributed by atoms with Crippen molar-refractivity contribution < 1.29 is 4.79 Å². The first-order valence-electron chi connectivity index (χ1n) is 4.96. The fraction of sp³-hybridized carbons (Fsp3) is 0.455. The van der Waals surface area contributed by atoms with Crippen molar-refractivity contribution in [3.8, 4) is 6.07 Å². The molecular weight excluding hydrogens is 190 g/mol. The molecule has 1 aromatic heterocycles. The van der Waals surface area contributed by atoms with Crippen molar-refractivity contribution in [1.29, 1.82) is 5.26 Å². The predicted molar refractivity (Wildman–Crippen MR) is 52.8 cm³/mol. The van der Waals surface area contributed by atoms with Gasteiger partial charge in [0.15, 0.2) is 0 Å². The quantitative estimate of drug-likeness (QED) is 0.688. The van der Waals surface area contributed by atoms with Gasteiger partial charge in [-0.3, -0.25) is 14.8 Å². The average molecular weight is 201 g/mol. The Morgan fingerprint density at radius 2 is 2.07 bits per heavy atom. The zero-order valence-corrected chi connectivity index (χ0v) is 8.31. The highest BCUT2D eigenvalue weighted by Crippen LogP contribution is 2.36. The molecule has 1 saturated carbocycles. The molecule has 0 N–H and O–H groups in total. The van der Waals surface area contributed by atoms with Gasteiger partial charge >= 0.3 is 0 Å². The first-order valence-corrected chi connectivity index (χ1v) is 4.96. The van der Waals surface area contributed by atoms with E-state index < -0.39 is 5.41 Å². The Labute approximate surface area is 88.0 Å². The lowest BCUT2D eigenvalue weighted by Crippen LogP contribution is -2.31. The number of ketones is 1. The molecule has 4 nitrogen and oxygen atoms in total. The van der Waals surface area contributed by atoms with Gasteiger partial charge in [0.2, 0.25) is 0 Å². The van der Waals surface area contributed by atoms with Gasteiger partial charge in [0.1, 0.15) is 11.2 Å². The predicted octanol–water partition coefficient (Wildman–Crippen LogP) is 1.38. The molecule has 0 unspecified atom stereocenters. The normalized spacial score (nSPS) is 19.5. The molecule has 0 radical (unpaired) electrons. The molecule has 1 aromatic rings. The highest BCUT2D eigenvalue weighted by molar-refractivity contribution is 5.79. The lowest BCUT2D eigenvalue weighted by Gasteiger charge is -2.28. The summed E-state index contributed by atoms with van der Waals surface area (Å²) in [7, 11) is 0. The monoisotopic (exact) mass is 201 g/mol. The molecule has 0 spiro atoms. The number of Topliss-reactive ketones (excluding diaryl/α,β-unsaturated/α-hetero) is 1. The smallest absolute Gasteiger partial charge is 0.133 e. The molecule has 0 bridgehead atoms. The number of nitrogens with zero attached hydrogens (tertiary/aromatic N) is 3. The van der Waals surface area contributed by atoms with Crippen LogP contribution >= 0.6 is 0 Å². The lowest BCUT2D eigenvalue weighted by molar-refractivity contribution is -0.121. The van der Waals surface area contributed by atoms with E-state index in [9.17, 15) is 10.1 Å². The molecule has 0 amide bonds. The third kappa shape index (κ3) is 1.73. The van der Waals surface area contributed by atoms with Crippen LogP contribution in [0.25, 0.3) is 0 Å². The van der Waals surface area contributed by atoms with E-state index >= 15 is 0 Å². The first-order chi connectivity index (χ1) is 7.27. The highest BCUT2D eigenvalue weighted by atomic mass is 16.1.